The summed E-state index contributed by atoms with van der Waals surface area (Å²) in [5.74, 6) is 1.13. The van der Waals surface area contributed by atoms with Crippen molar-refractivity contribution >= 4 is 5.97 Å². The molecule has 0 N–H and O–H groups in total. The first-order valence-electron chi connectivity index (χ1n) is 6.07. The van der Waals surface area contributed by atoms with Gasteiger partial charge < -0.3 is 9.47 Å². The Morgan fingerprint density at radius 3 is 1.79 bits per heavy atom. The molecule has 0 aliphatic rings. The van der Waals surface area contributed by atoms with Gasteiger partial charge in [0, 0.05) is 6.92 Å². The number of ether oxygens (including phenoxy) is 2. The van der Waals surface area contributed by atoms with Gasteiger partial charge in [-0.15, -0.1) is 0 Å². The lowest BCUT2D eigenvalue weighted by atomic mass is 10.0. The Hall–Kier alpha value is -2.29. The van der Waals surface area contributed by atoms with E-state index in [1.54, 1.807) is 19.2 Å². The van der Waals surface area contributed by atoms with E-state index in [0.717, 1.165) is 12.2 Å². The summed E-state index contributed by atoms with van der Waals surface area (Å²) in [5.41, 5.74) is 2.38. The molecule has 0 aromatic heterocycles. The summed E-state index contributed by atoms with van der Waals surface area (Å²) >= 11 is 0. The van der Waals surface area contributed by atoms with E-state index in [1.807, 2.05) is 36.4 Å². The number of hydrogen-bond donors (Lipinski definition) is 0. The molecular formula is C16H16O3. The molecule has 0 bridgehead atoms. The third kappa shape index (κ3) is 3.85. The van der Waals surface area contributed by atoms with E-state index in [9.17, 15) is 4.79 Å². The molecule has 0 heterocycles. The van der Waals surface area contributed by atoms with Crippen LogP contribution in [0.15, 0.2) is 48.5 Å². The summed E-state index contributed by atoms with van der Waals surface area (Å²) in [5, 5.41) is 0. The lowest BCUT2D eigenvalue weighted by Crippen LogP contribution is -2.01. The first-order valence-corrected chi connectivity index (χ1v) is 6.07. The minimum absolute atomic E-state index is 0.303. The highest BCUT2D eigenvalue weighted by atomic mass is 16.5. The lowest BCUT2D eigenvalue weighted by molar-refractivity contribution is -0.131. The molecule has 3 heteroatoms. The average molecular weight is 256 g/mol. The Labute approximate surface area is 112 Å². The third-order valence-corrected chi connectivity index (χ3v) is 2.75. The van der Waals surface area contributed by atoms with E-state index < -0.39 is 0 Å². The summed E-state index contributed by atoms with van der Waals surface area (Å²) < 4.78 is 10.1. The van der Waals surface area contributed by atoms with Gasteiger partial charge in [-0.3, -0.25) is 4.79 Å². The lowest BCUT2D eigenvalue weighted by Gasteiger charge is -2.05. The summed E-state index contributed by atoms with van der Waals surface area (Å²) in [6.45, 7) is 1.39. The fraction of sp³-hybridized carbons (Fsp3) is 0.188. The summed E-state index contributed by atoms with van der Waals surface area (Å²) in [7, 11) is 1.66. The predicted octanol–water partition coefficient (Wildman–Crippen LogP) is 3.21. The quantitative estimate of drug-likeness (QED) is 0.622. The number of carbonyl (C=O) groups is 1. The van der Waals surface area contributed by atoms with Crippen LogP contribution in [0.5, 0.6) is 11.5 Å². The Kier molecular flexibility index (Phi) is 4.18. The molecule has 0 saturated heterocycles. The van der Waals surface area contributed by atoms with Crippen molar-refractivity contribution in [3.05, 3.63) is 59.7 Å². The van der Waals surface area contributed by atoms with Crippen LogP contribution in [0.2, 0.25) is 0 Å². The standard InChI is InChI=1S/C16H16O3/c1-12(17)19-16-9-5-14(6-10-16)11-13-3-7-15(18-2)8-4-13/h3-10H,11H2,1-2H3. The van der Waals surface area contributed by atoms with Crippen LogP contribution in [0.25, 0.3) is 0 Å². The SMILES string of the molecule is COc1ccc(Cc2ccc(OC(C)=O)cc2)cc1. The van der Waals surface area contributed by atoms with Crippen molar-refractivity contribution in [3.63, 3.8) is 0 Å². The van der Waals surface area contributed by atoms with Crippen LogP contribution in [0.1, 0.15) is 18.1 Å². The number of hydrogen-bond acceptors (Lipinski definition) is 3. The van der Waals surface area contributed by atoms with Gasteiger partial charge in [0.25, 0.3) is 0 Å². The molecule has 3 nitrogen and oxygen atoms in total. The zero-order valence-electron chi connectivity index (χ0n) is 11.1. The van der Waals surface area contributed by atoms with Crippen molar-refractivity contribution in [2.75, 3.05) is 7.11 Å². The van der Waals surface area contributed by atoms with Crippen LogP contribution in [-0.4, -0.2) is 13.1 Å². The number of esters is 1. The van der Waals surface area contributed by atoms with Crippen molar-refractivity contribution in [1.29, 1.82) is 0 Å². The third-order valence-electron chi connectivity index (χ3n) is 2.75. The Morgan fingerprint density at radius 1 is 0.895 bits per heavy atom. The van der Waals surface area contributed by atoms with Crippen LogP contribution in [0.3, 0.4) is 0 Å². The maximum atomic E-state index is 10.8. The molecule has 0 atom stereocenters. The molecule has 0 unspecified atom stereocenters. The van der Waals surface area contributed by atoms with Gasteiger partial charge in [-0.25, -0.2) is 0 Å². The second kappa shape index (κ2) is 6.05. The van der Waals surface area contributed by atoms with Crippen molar-refractivity contribution < 1.29 is 14.3 Å². The maximum absolute atomic E-state index is 10.8. The highest BCUT2D eigenvalue weighted by Gasteiger charge is 2.00. The Morgan fingerprint density at radius 2 is 1.37 bits per heavy atom. The van der Waals surface area contributed by atoms with Gasteiger partial charge >= 0.3 is 5.97 Å². The van der Waals surface area contributed by atoms with Crippen LogP contribution < -0.4 is 9.47 Å². The van der Waals surface area contributed by atoms with Gasteiger partial charge in [-0.1, -0.05) is 24.3 Å². The first kappa shape index (κ1) is 13.1. The predicted molar refractivity (Wildman–Crippen MR) is 73.6 cm³/mol. The number of methoxy groups -OCH3 is 1. The van der Waals surface area contributed by atoms with E-state index in [4.69, 9.17) is 9.47 Å². The van der Waals surface area contributed by atoms with Crippen LogP contribution in [0.4, 0.5) is 0 Å². The van der Waals surface area contributed by atoms with Gasteiger partial charge in [-0.2, -0.15) is 0 Å². The van der Waals surface area contributed by atoms with Gasteiger partial charge in [0.2, 0.25) is 0 Å². The van der Waals surface area contributed by atoms with Crippen molar-refractivity contribution in [1.82, 2.24) is 0 Å². The molecule has 0 fully saturated rings. The van der Waals surface area contributed by atoms with Crippen molar-refractivity contribution in [3.8, 4) is 11.5 Å². The highest BCUT2D eigenvalue weighted by Crippen LogP contribution is 2.17. The molecule has 0 saturated carbocycles. The molecule has 0 aliphatic carbocycles. The smallest absolute Gasteiger partial charge is 0.308 e. The largest absolute Gasteiger partial charge is 0.497 e. The second-order valence-electron chi connectivity index (χ2n) is 4.26. The summed E-state index contributed by atoms with van der Waals surface area (Å²) in [6.07, 6.45) is 0.838. The zero-order chi connectivity index (χ0) is 13.7. The topological polar surface area (TPSA) is 35.5 Å². The van der Waals surface area contributed by atoms with E-state index in [2.05, 4.69) is 0 Å². The maximum Gasteiger partial charge on any atom is 0.308 e. The van der Waals surface area contributed by atoms with E-state index in [0.29, 0.717) is 5.75 Å². The molecular weight excluding hydrogens is 240 g/mol. The van der Waals surface area contributed by atoms with Crippen LogP contribution in [0, 0.1) is 0 Å². The molecule has 0 amide bonds. The van der Waals surface area contributed by atoms with Gasteiger partial charge in [-0.05, 0) is 41.8 Å². The summed E-state index contributed by atoms with van der Waals surface area (Å²) in [6, 6.07) is 15.5. The number of carbonyl (C=O) groups excluding carboxylic acids is 1. The van der Waals surface area contributed by atoms with E-state index >= 15 is 0 Å². The second-order valence-corrected chi connectivity index (χ2v) is 4.26. The molecule has 0 aliphatic heterocycles. The number of benzene rings is 2. The number of rotatable bonds is 4. The monoisotopic (exact) mass is 256 g/mol. The van der Waals surface area contributed by atoms with Crippen LogP contribution in [-0.2, 0) is 11.2 Å². The normalized spacial score (nSPS) is 10.0. The molecule has 98 valence electrons. The minimum Gasteiger partial charge on any atom is -0.497 e. The molecule has 0 spiro atoms. The average Bonchev–Trinajstić information content (AvgIpc) is 2.41. The van der Waals surface area contributed by atoms with Gasteiger partial charge in [0.15, 0.2) is 0 Å². The Balaban J connectivity index is 2.04. The zero-order valence-corrected chi connectivity index (χ0v) is 11.1. The van der Waals surface area contributed by atoms with Gasteiger partial charge in [0.05, 0.1) is 7.11 Å². The molecule has 19 heavy (non-hydrogen) atoms. The van der Waals surface area contributed by atoms with Crippen molar-refractivity contribution in [2.45, 2.75) is 13.3 Å². The van der Waals surface area contributed by atoms with E-state index in [-0.39, 0.29) is 5.97 Å². The molecule has 2 aromatic carbocycles. The summed E-state index contributed by atoms with van der Waals surface area (Å²) in [4.78, 5) is 10.8. The molecule has 2 rings (SSSR count). The van der Waals surface area contributed by atoms with Crippen LogP contribution >= 0.6 is 0 Å². The fourth-order valence-corrected chi connectivity index (χ4v) is 1.82. The molecule has 0 radical (unpaired) electrons. The van der Waals surface area contributed by atoms with Crippen molar-refractivity contribution in [2.24, 2.45) is 0 Å². The molecule has 2 aromatic rings. The first-order chi connectivity index (χ1) is 9.17. The van der Waals surface area contributed by atoms with E-state index in [1.165, 1.54) is 18.1 Å². The fourth-order valence-electron chi connectivity index (χ4n) is 1.82. The minimum atomic E-state index is -0.303. The Bertz CT molecular complexity index is 541. The highest BCUT2D eigenvalue weighted by molar-refractivity contribution is 5.69. The van der Waals surface area contributed by atoms with Gasteiger partial charge in [0.1, 0.15) is 11.5 Å².